The van der Waals surface area contributed by atoms with E-state index in [4.69, 9.17) is 0 Å². The molecule has 1 aliphatic rings. The van der Waals surface area contributed by atoms with Gasteiger partial charge in [0.05, 0.1) is 0 Å². The van der Waals surface area contributed by atoms with Crippen LogP contribution in [0.4, 0.5) is 0 Å². The van der Waals surface area contributed by atoms with E-state index in [9.17, 15) is 0 Å². The van der Waals surface area contributed by atoms with Gasteiger partial charge in [-0.25, -0.2) is 0 Å². The Morgan fingerprint density at radius 1 is 0.750 bits per heavy atom. The second-order valence-corrected chi connectivity index (χ2v) is 7.36. The first kappa shape index (κ1) is 18.1. The van der Waals surface area contributed by atoms with Crippen LogP contribution in [0.3, 0.4) is 0 Å². The molecule has 0 nitrogen and oxygen atoms in total. The van der Waals surface area contributed by atoms with E-state index in [0.29, 0.717) is 0 Å². The van der Waals surface area contributed by atoms with Gasteiger partial charge in [0.2, 0.25) is 0 Å². The van der Waals surface area contributed by atoms with Gasteiger partial charge in [-0.1, -0.05) is 85.0 Å². The number of unbranched alkanes of at least 4 members (excludes halogenated alkanes) is 3. The normalized spacial score (nSPS) is 23.2. The van der Waals surface area contributed by atoms with E-state index in [1.165, 1.54) is 89.9 Å². The molecule has 0 spiro atoms. The Morgan fingerprint density at radius 3 is 1.95 bits per heavy atom. The van der Waals surface area contributed by atoms with E-state index >= 15 is 0 Å². The predicted octanol–water partition coefficient (Wildman–Crippen LogP) is 7.51. The van der Waals surface area contributed by atoms with Crippen LogP contribution in [0.15, 0.2) is 0 Å². The van der Waals surface area contributed by atoms with Crippen molar-refractivity contribution in [2.45, 2.75) is 117 Å². The fourth-order valence-corrected chi connectivity index (χ4v) is 4.47. The van der Waals surface area contributed by atoms with Gasteiger partial charge in [-0.3, -0.25) is 0 Å². The summed E-state index contributed by atoms with van der Waals surface area (Å²) in [6.45, 7) is 7.11. The molecule has 0 N–H and O–H groups in total. The fourth-order valence-electron chi connectivity index (χ4n) is 4.47. The molecule has 1 atom stereocenters. The highest BCUT2D eigenvalue weighted by molar-refractivity contribution is 4.88. The lowest BCUT2D eigenvalue weighted by molar-refractivity contribution is 0.0759. The van der Waals surface area contributed by atoms with Crippen molar-refractivity contribution in [3.63, 3.8) is 0 Å². The molecule has 0 aromatic heterocycles. The van der Waals surface area contributed by atoms with Gasteiger partial charge < -0.3 is 0 Å². The average molecular weight is 281 g/mol. The lowest BCUT2D eigenvalue weighted by Crippen LogP contribution is -2.32. The molecular formula is C20H40. The van der Waals surface area contributed by atoms with E-state index in [0.717, 1.165) is 11.3 Å². The van der Waals surface area contributed by atoms with Crippen molar-refractivity contribution in [2.24, 2.45) is 11.3 Å². The molecule has 1 saturated carbocycles. The summed E-state index contributed by atoms with van der Waals surface area (Å²) in [7, 11) is 0. The predicted molar refractivity (Wildman–Crippen MR) is 92.2 cm³/mol. The van der Waals surface area contributed by atoms with Crippen LogP contribution in [0.2, 0.25) is 0 Å². The molecule has 0 aliphatic heterocycles. The van der Waals surface area contributed by atoms with E-state index in [1.807, 2.05) is 0 Å². The third-order valence-corrected chi connectivity index (χ3v) is 5.81. The summed E-state index contributed by atoms with van der Waals surface area (Å²) in [5.74, 6) is 1.04. The van der Waals surface area contributed by atoms with Gasteiger partial charge in [0.25, 0.3) is 0 Å². The minimum absolute atomic E-state index is 0.724. The van der Waals surface area contributed by atoms with E-state index in [1.54, 1.807) is 6.42 Å². The Labute approximate surface area is 129 Å². The summed E-state index contributed by atoms with van der Waals surface area (Å²) in [6.07, 6.45) is 22.2. The quantitative estimate of drug-likeness (QED) is 0.410. The summed E-state index contributed by atoms with van der Waals surface area (Å²) in [6, 6.07) is 0. The van der Waals surface area contributed by atoms with Crippen LogP contribution < -0.4 is 0 Å². The highest BCUT2D eigenvalue weighted by Crippen LogP contribution is 2.48. The molecule has 1 unspecified atom stereocenters. The van der Waals surface area contributed by atoms with Gasteiger partial charge >= 0.3 is 0 Å². The summed E-state index contributed by atoms with van der Waals surface area (Å²) in [5.41, 5.74) is 0.724. The first-order chi connectivity index (χ1) is 9.79. The van der Waals surface area contributed by atoms with Gasteiger partial charge in [-0.15, -0.1) is 0 Å². The Bertz CT molecular complexity index is 203. The van der Waals surface area contributed by atoms with Crippen LogP contribution in [-0.2, 0) is 0 Å². The van der Waals surface area contributed by atoms with Crippen molar-refractivity contribution in [1.82, 2.24) is 0 Å². The van der Waals surface area contributed by atoms with Gasteiger partial charge in [-0.05, 0) is 43.4 Å². The van der Waals surface area contributed by atoms with Crippen molar-refractivity contribution in [2.75, 3.05) is 0 Å². The van der Waals surface area contributed by atoms with Crippen LogP contribution in [0.5, 0.6) is 0 Å². The molecule has 0 aromatic rings. The second-order valence-electron chi connectivity index (χ2n) is 7.36. The maximum Gasteiger partial charge on any atom is -0.0269 e. The minimum Gasteiger partial charge on any atom is -0.0654 e. The molecule has 120 valence electrons. The molecule has 20 heavy (non-hydrogen) atoms. The van der Waals surface area contributed by atoms with Crippen LogP contribution in [0, 0.1) is 11.3 Å². The smallest absolute Gasteiger partial charge is 0.0269 e. The molecule has 0 aromatic carbocycles. The van der Waals surface area contributed by atoms with Gasteiger partial charge in [0.1, 0.15) is 0 Å². The number of hydrogen-bond donors (Lipinski definition) is 0. The molecule has 1 fully saturated rings. The molecule has 1 rings (SSSR count). The Morgan fingerprint density at radius 2 is 1.35 bits per heavy atom. The summed E-state index contributed by atoms with van der Waals surface area (Å²) in [5, 5.41) is 0. The third-order valence-electron chi connectivity index (χ3n) is 5.81. The second kappa shape index (κ2) is 10.7. The summed E-state index contributed by atoms with van der Waals surface area (Å²) < 4.78 is 0. The van der Waals surface area contributed by atoms with Crippen molar-refractivity contribution < 1.29 is 0 Å². The standard InChI is InChI=1S/C20H40/c1-4-7-14-19-15-12-10-11-13-18-20(19,16-8-5-2)17-9-6-3/h19H,4-18H2,1-3H3. The zero-order chi connectivity index (χ0) is 14.7. The summed E-state index contributed by atoms with van der Waals surface area (Å²) >= 11 is 0. The topological polar surface area (TPSA) is 0 Å². The Hall–Kier alpha value is 0. The van der Waals surface area contributed by atoms with Crippen LogP contribution in [0.25, 0.3) is 0 Å². The maximum atomic E-state index is 2.37. The minimum atomic E-state index is 0.724. The Balaban J connectivity index is 2.79. The molecular weight excluding hydrogens is 240 g/mol. The molecule has 0 amide bonds. The SMILES string of the molecule is CCCCC1CCCCCCC1(CCCC)CCCC. The van der Waals surface area contributed by atoms with Gasteiger partial charge in [-0.2, -0.15) is 0 Å². The molecule has 0 heteroatoms. The van der Waals surface area contributed by atoms with Gasteiger partial charge in [0, 0.05) is 0 Å². The first-order valence-corrected chi connectivity index (χ1v) is 9.79. The van der Waals surface area contributed by atoms with Crippen LogP contribution in [-0.4, -0.2) is 0 Å². The van der Waals surface area contributed by atoms with Crippen molar-refractivity contribution in [1.29, 1.82) is 0 Å². The lowest BCUT2D eigenvalue weighted by Gasteiger charge is -2.43. The van der Waals surface area contributed by atoms with Crippen LogP contribution >= 0.6 is 0 Å². The molecule has 0 saturated heterocycles. The Kier molecular flexibility index (Phi) is 9.65. The fraction of sp³-hybridized carbons (Fsp3) is 1.00. The van der Waals surface area contributed by atoms with E-state index in [-0.39, 0.29) is 0 Å². The van der Waals surface area contributed by atoms with E-state index in [2.05, 4.69) is 20.8 Å². The van der Waals surface area contributed by atoms with Crippen molar-refractivity contribution in [3.05, 3.63) is 0 Å². The molecule has 0 heterocycles. The zero-order valence-corrected chi connectivity index (χ0v) is 14.7. The lowest BCUT2D eigenvalue weighted by atomic mass is 9.62. The largest absolute Gasteiger partial charge is 0.0654 e. The highest BCUT2D eigenvalue weighted by atomic mass is 14.4. The highest BCUT2D eigenvalue weighted by Gasteiger charge is 2.36. The third kappa shape index (κ3) is 5.78. The summed E-state index contributed by atoms with van der Waals surface area (Å²) in [4.78, 5) is 0. The first-order valence-electron chi connectivity index (χ1n) is 9.79. The molecule has 0 bridgehead atoms. The van der Waals surface area contributed by atoms with Crippen molar-refractivity contribution in [3.8, 4) is 0 Å². The zero-order valence-electron chi connectivity index (χ0n) is 14.7. The number of hydrogen-bond acceptors (Lipinski definition) is 0. The van der Waals surface area contributed by atoms with Gasteiger partial charge in [0.15, 0.2) is 0 Å². The van der Waals surface area contributed by atoms with E-state index < -0.39 is 0 Å². The molecule has 0 radical (unpaired) electrons. The monoisotopic (exact) mass is 280 g/mol. The molecule has 1 aliphatic carbocycles. The number of rotatable bonds is 9. The van der Waals surface area contributed by atoms with Crippen LogP contribution in [0.1, 0.15) is 117 Å². The average Bonchev–Trinajstić information content (AvgIpc) is 2.45. The maximum absolute atomic E-state index is 2.37. The van der Waals surface area contributed by atoms with Crippen molar-refractivity contribution >= 4 is 0 Å².